The van der Waals surface area contributed by atoms with Crippen molar-refractivity contribution in [3.05, 3.63) is 29.0 Å². The molecule has 1 rings (SSSR count). The third-order valence-corrected chi connectivity index (χ3v) is 2.95. The van der Waals surface area contributed by atoms with Gasteiger partial charge in [0, 0.05) is 11.6 Å². The minimum Gasteiger partial charge on any atom is -0.383 e. The molecule has 0 unspecified atom stereocenters. The molecule has 1 aromatic rings. The SMILES string of the molecule is CSCCCCNc1cc(Cl)ccc1F. The molecule has 0 heterocycles. The van der Waals surface area contributed by atoms with E-state index in [1.54, 1.807) is 12.1 Å². The molecule has 15 heavy (non-hydrogen) atoms. The quantitative estimate of drug-likeness (QED) is 0.762. The summed E-state index contributed by atoms with van der Waals surface area (Å²) in [4.78, 5) is 0. The number of benzene rings is 1. The Hall–Kier alpha value is -0.410. The van der Waals surface area contributed by atoms with Crippen molar-refractivity contribution in [2.24, 2.45) is 0 Å². The molecule has 0 radical (unpaired) electrons. The van der Waals surface area contributed by atoms with E-state index in [-0.39, 0.29) is 5.82 Å². The number of hydrogen-bond donors (Lipinski definition) is 1. The summed E-state index contributed by atoms with van der Waals surface area (Å²) in [7, 11) is 0. The Labute approximate surface area is 99.4 Å². The zero-order chi connectivity index (χ0) is 11.1. The lowest BCUT2D eigenvalue weighted by Crippen LogP contribution is -2.03. The molecule has 1 N–H and O–H groups in total. The summed E-state index contributed by atoms with van der Waals surface area (Å²) in [5.74, 6) is 0.906. The van der Waals surface area contributed by atoms with E-state index in [9.17, 15) is 4.39 Å². The molecule has 0 aliphatic rings. The zero-order valence-corrected chi connectivity index (χ0v) is 10.3. The van der Waals surface area contributed by atoms with Gasteiger partial charge in [0.15, 0.2) is 0 Å². The lowest BCUT2D eigenvalue weighted by molar-refractivity contribution is 0.629. The first-order chi connectivity index (χ1) is 7.24. The molecule has 0 saturated carbocycles. The molecule has 0 aliphatic carbocycles. The standard InChI is InChI=1S/C11H15ClFNS/c1-15-7-3-2-6-14-11-8-9(12)4-5-10(11)13/h4-5,8,14H,2-3,6-7H2,1H3. The van der Waals surface area contributed by atoms with Gasteiger partial charge in [0.2, 0.25) is 0 Å². The van der Waals surface area contributed by atoms with Crippen molar-refractivity contribution in [3.63, 3.8) is 0 Å². The maximum atomic E-state index is 13.2. The van der Waals surface area contributed by atoms with E-state index in [1.165, 1.54) is 6.07 Å². The smallest absolute Gasteiger partial charge is 0.146 e. The Morgan fingerprint density at radius 3 is 2.93 bits per heavy atom. The maximum Gasteiger partial charge on any atom is 0.146 e. The second-order valence-corrected chi connectivity index (χ2v) is 4.67. The molecule has 0 atom stereocenters. The molecule has 0 aromatic heterocycles. The highest BCUT2D eigenvalue weighted by molar-refractivity contribution is 7.98. The minimum absolute atomic E-state index is 0.246. The number of hydrogen-bond acceptors (Lipinski definition) is 2. The predicted octanol–water partition coefficient (Wildman–Crippen LogP) is 4.03. The largest absolute Gasteiger partial charge is 0.383 e. The summed E-state index contributed by atoms with van der Waals surface area (Å²) >= 11 is 7.60. The highest BCUT2D eigenvalue weighted by Crippen LogP contribution is 2.19. The van der Waals surface area contributed by atoms with E-state index >= 15 is 0 Å². The van der Waals surface area contributed by atoms with E-state index in [2.05, 4.69) is 11.6 Å². The van der Waals surface area contributed by atoms with Crippen molar-refractivity contribution in [1.29, 1.82) is 0 Å². The molecule has 0 aliphatic heterocycles. The van der Waals surface area contributed by atoms with Gasteiger partial charge in [-0.1, -0.05) is 11.6 Å². The van der Waals surface area contributed by atoms with Crippen LogP contribution in [0.3, 0.4) is 0 Å². The second kappa shape index (κ2) is 6.96. The van der Waals surface area contributed by atoms with Crippen LogP contribution in [-0.4, -0.2) is 18.6 Å². The predicted molar refractivity (Wildman–Crippen MR) is 67.5 cm³/mol. The number of nitrogens with one attached hydrogen (secondary N) is 1. The molecular formula is C11H15ClFNS. The summed E-state index contributed by atoms with van der Waals surface area (Å²) in [6.45, 7) is 0.790. The van der Waals surface area contributed by atoms with Gasteiger partial charge in [-0.15, -0.1) is 0 Å². The summed E-state index contributed by atoms with van der Waals surface area (Å²) in [6, 6.07) is 4.55. The van der Waals surface area contributed by atoms with E-state index in [0.29, 0.717) is 10.7 Å². The van der Waals surface area contributed by atoms with Crippen LogP contribution in [0, 0.1) is 5.82 Å². The lowest BCUT2D eigenvalue weighted by atomic mass is 10.3. The summed E-state index contributed by atoms with van der Waals surface area (Å²) in [5.41, 5.74) is 0.492. The molecule has 0 fully saturated rings. The van der Waals surface area contributed by atoms with Crippen LogP contribution in [0.25, 0.3) is 0 Å². The first-order valence-electron chi connectivity index (χ1n) is 4.92. The van der Waals surface area contributed by atoms with Crippen LogP contribution in [0.1, 0.15) is 12.8 Å². The van der Waals surface area contributed by atoms with Crippen LogP contribution in [0.2, 0.25) is 5.02 Å². The number of unbranched alkanes of at least 4 members (excludes halogenated alkanes) is 1. The van der Waals surface area contributed by atoms with Crippen LogP contribution >= 0.6 is 23.4 Å². The van der Waals surface area contributed by atoms with E-state index in [4.69, 9.17) is 11.6 Å². The molecular weight excluding hydrogens is 233 g/mol. The average molecular weight is 248 g/mol. The first kappa shape index (κ1) is 12.7. The number of rotatable bonds is 6. The fraction of sp³-hybridized carbons (Fsp3) is 0.455. The number of thioether (sulfide) groups is 1. The molecule has 0 saturated heterocycles. The molecule has 1 nitrogen and oxygen atoms in total. The third-order valence-electron chi connectivity index (χ3n) is 2.02. The van der Waals surface area contributed by atoms with Gasteiger partial charge >= 0.3 is 0 Å². The Kier molecular flexibility index (Phi) is 5.88. The monoisotopic (exact) mass is 247 g/mol. The van der Waals surface area contributed by atoms with Crippen molar-refractivity contribution in [2.75, 3.05) is 23.9 Å². The molecule has 4 heteroatoms. The average Bonchev–Trinajstić information content (AvgIpc) is 2.23. The van der Waals surface area contributed by atoms with Crippen LogP contribution in [-0.2, 0) is 0 Å². The number of anilines is 1. The fourth-order valence-electron chi connectivity index (χ4n) is 1.23. The van der Waals surface area contributed by atoms with Gasteiger partial charge in [-0.05, 0) is 43.0 Å². The van der Waals surface area contributed by atoms with E-state index < -0.39 is 0 Å². The lowest BCUT2D eigenvalue weighted by Gasteiger charge is -2.07. The molecule has 0 bridgehead atoms. The topological polar surface area (TPSA) is 12.0 Å². The maximum absolute atomic E-state index is 13.2. The summed E-state index contributed by atoms with van der Waals surface area (Å²) < 4.78 is 13.2. The van der Waals surface area contributed by atoms with Gasteiger partial charge in [-0.2, -0.15) is 11.8 Å². The van der Waals surface area contributed by atoms with Crippen molar-refractivity contribution in [1.82, 2.24) is 0 Å². The Morgan fingerprint density at radius 2 is 2.20 bits per heavy atom. The van der Waals surface area contributed by atoms with Crippen molar-refractivity contribution in [3.8, 4) is 0 Å². The zero-order valence-electron chi connectivity index (χ0n) is 8.72. The molecule has 0 amide bonds. The van der Waals surface area contributed by atoms with Crippen LogP contribution < -0.4 is 5.32 Å². The van der Waals surface area contributed by atoms with E-state index in [0.717, 1.165) is 25.1 Å². The van der Waals surface area contributed by atoms with Crippen LogP contribution in [0.4, 0.5) is 10.1 Å². The van der Waals surface area contributed by atoms with Gasteiger partial charge in [-0.3, -0.25) is 0 Å². The van der Waals surface area contributed by atoms with Gasteiger partial charge in [0.25, 0.3) is 0 Å². The van der Waals surface area contributed by atoms with Gasteiger partial charge in [0.05, 0.1) is 5.69 Å². The van der Waals surface area contributed by atoms with Gasteiger partial charge in [0.1, 0.15) is 5.82 Å². The molecule has 84 valence electrons. The number of halogens is 2. The van der Waals surface area contributed by atoms with Crippen molar-refractivity contribution >= 4 is 29.1 Å². The minimum atomic E-state index is -0.246. The normalized spacial score (nSPS) is 10.3. The second-order valence-electron chi connectivity index (χ2n) is 3.25. The highest BCUT2D eigenvalue weighted by atomic mass is 35.5. The first-order valence-corrected chi connectivity index (χ1v) is 6.69. The Morgan fingerprint density at radius 1 is 1.40 bits per heavy atom. The summed E-state index contributed by atoms with van der Waals surface area (Å²) in [5, 5.41) is 3.60. The Balaban J connectivity index is 2.33. The van der Waals surface area contributed by atoms with Crippen molar-refractivity contribution < 1.29 is 4.39 Å². The third kappa shape index (κ3) is 4.76. The fourth-order valence-corrected chi connectivity index (χ4v) is 1.89. The Bertz CT molecular complexity index is 307. The van der Waals surface area contributed by atoms with Crippen LogP contribution in [0.15, 0.2) is 18.2 Å². The van der Waals surface area contributed by atoms with Crippen LogP contribution in [0.5, 0.6) is 0 Å². The van der Waals surface area contributed by atoms with E-state index in [1.807, 2.05) is 11.8 Å². The molecule has 0 spiro atoms. The molecule has 1 aromatic carbocycles. The van der Waals surface area contributed by atoms with Gasteiger partial charge < -0.3 is 5.32 Å². The highest BCUT2D eigenvalue weighted by Gasteiger charge is 2.01. The van der Waals surface area contributed by atoms with Crippen molar-refractivity contribution in [2.45, 2.75) is 12.8 Å². The van der Waals surface area contributed by atoms with Gasteiger partial charge in [-0.25, -0.2) is 4.39 Å². The summed E-state index contributed by atoms with van der Waals surface area (Å²) in [6.07, 6.45) is 4.28.